The van der Waals surface area contributed by atoms with Crippen LogP contribution in [0, 0.1) is 5.92 Å². The summed E-state index contributed by atoms with van der Waals surface area (Å²) in [5, 5.41) is 6.47. The van der Waals surface area contributed by atoms with Crippen molar-refractivity contribution >= 4 is 29.1 Å². The standard InChI is InChI=1S/C21H23ClN2O2/c22-18-10-12-19(13-11-18)24-21(26)17-8-6-15(7-9-17)14-23-20(25)16-4-2-1-3-5-16/h6-13,16H,1-5,14H2,(H,23,25)(H,24,26). The minimum atomic E-state index is -0.176. The molecule has 2 N–H and O–H groups in total. The van der Waals surface area contributed by atoms with Gasteiger partial charge in [0.2, 0.25) is 5.91 Å². The van der Waals surface area contributed by atoms with E-state index in [4.69, 9.17) is 11.6 Å². The van der Waals surface area contributed by atoms with E-state index in [2.05, 4.69) is 10.6 Å². The summed E-state index contributed by atoms with van der Waals surface area (Å²) in [6.45, 7) is 0.494. The molecule has 0 heterocycles. The van der Waals surface area contributed by atoms with Crippen LogP contribution < -0.4 is 10.6 Å². The third-order valence-corrected chi connectivity index (χ3v) is 5.01. The van der Waals surface area contributed by atoms with Crippen molar-refractivity contribution in [3.63, 3.8) is 0 Å². The zero-order valence-corrected chi connectivity index (χ0v) is 15.4. The van der Waals surface area contributed by atoms with Gasteiger partial charge in [-0.1, -0.05) is 43.0 Å². The van der Waals surface area contributed by atoms with Crippen LogP contribution in [0.5, 0.6) is 0 Å². The number of carbonyl (C=O) groups is 2. The molecule has 2 aromatic carbocycles. The Labute approximate surface area is 158 Å². The quantitative estimate of drug-likeness (QED) is 0.795. The predicted molar refractivity (Wildman–Crippen MR) is 104 cm³/mol. The largest absolute Gasteiger partial charge is 0.352 e. The Morgan fingerprint density at radius 3 is 2.23 bits per heavy atom. The van der Waals surface area contributed by atoms with E-state index < -0.39 is 0 Å². The highest BCUT2D eigenvalue weighted by Gasteiger charge is 2.20. The zero-order valence-electron chi connectivity index (χ0n) is 14.6. The Morgan fingerprint density at radius 1 is 0.923 bits per heavy atom. The van der Waals surface area contributed by atoms with Gasteiger partial charge in [0.25, 0.3) is 5.91 Å². The lowest BCUT2D eigenvalue weighted by molar-refractivity contribution is -0.126. The van der Waals surface area contributed by atoms with Gasteiger partial charge in [-0.15, -0.1) is 0 Å². The van der Waals surface area contributed by atoms with Crippen LogP contribution in [0.2, 0.25) is 5.02 Å². The molecule has 0 atom stereocenters. The summed E-state index contributed by atoms with van der Waals surface area (Å²) in [6, 6.07) is 14.3. The topological polar surface area (TPSA) is 58.2 Å². The monoisotopic (exact) mass is 370 g/mol. The summed E-state index contributed by atoms with van der Waals surface area (Å²) in [5.74, 6) is 0.132. The van der Waals surface area contributed by atoms with Gasteiger partial charge in [0.15, 0.2) is 0 Å². The van der Waals surface area contributed by atoms with E-state index in [1.807, 2.05) is 12.1 Å². The minimum absolute atomic E-state index is 0.147. The second-order valence-corrected chi connectivity index (χ2v) is 7.15. The number of halogens is 1. The Balaban J connectivity index is 1.51. The first-order valence-corrected chi connectivity index (χ1v) is 9.43. The van der Waals surface area contributed by atoms with E-state index in [0.29, 0.717) is 22.8 Å². The van der Waals surface area contributed by atoms with Crippen molar-refractivity contribution in [2.45, 2.75) is 38.6 Å². The highest BCUT2D eigenvalue weighted by atomic mass is 35.5. The number of hydrogen-bond donors (Lipinski definition) is 2. The van der Waals surface area contributed by atoms with Crippen molar-refractivity contribution in [3.8, 4) is 0 Å². The highest BCUT2D eigenvalue weighted by molar-refractivity contribution is 6.30. The maximum Gasteiger partial charge on any atom is 0.255 e. The summed E-state index contributed by atoms with van der Waals surface area (Å²) in [6.07, 6.45) is 5.53. The molecule has 1 aliphatic carbocycles. The molecule has 1 fully saturated rings. The summed E-state index contributed by atoms with van der Waals surface area (Å²) in [4.78, 5) is 24.5. The van der Waals surface area contributed by atoms with E-state index in [1.54, 1.807) is 36.4 Å². The summed E-state index contributed by atoms with van der Waals surface area (Å²) in [7, 11) is 0. The van der Waals surface area contributed by atoms with E-state index in [0.717, 1.165) is 31.2 Å². The molecular weight excluding hydrogens is 348 g/mol. The second kappa shape index (κ2) is 8.86. The first-order valence-electron chi connectivity index (χ1n) is 9.05. The number of amides is 2. The maximum absolute atomic E-state index is 12.3. The van der Waals surface area contributed by atoms with Gasteiger partial charge < -0.3 is 10.6 Å². The molecular formula is C21H23ClN2O2. The van der Waals surface area contributed by atoms with Gasteiger partial charge in [-0.3, -0.25) is 9.59 Å². The normalized spacial score (nSPS) is 14.7. The molecule has 5 heteroatoms. The molecule has 26 heavy (non-hydrogen) atoms. The number of anilines is 1. The van der Waals surface area contributed by atoms with E-state index in [-0.39, 0.29) is 17.7 Å². The summed E-state index contributed by atoms with van der Waals surface area (Å²) < 4.78 is 0. The molecule has 136 valence electrons. The number of hydrogen-bond acceptors (Lipinski definition) is 2. The SMILES string of the molecule is O=C(Nc1ccc(Cl)cc1)c1ccc(CNC(=O)C2CCCCC2)cc1. The molecule has 4 nitrogen and oxygen atoms in total. The van der Waals surface area contributed by atoms with E-state index in [1.165, 1.54) is 6.42 Å². The average Bonchev–Trinajstić information content (AvgIpc) is 2.69. The smallest absolute Gasteiger partial charge is 0.255 e. The fourth-order valence-corrected chi connectivity index (χ4v) is 3.33. The van der Waals surface area contributed by atoms with Crippen molar-refractivity contribution in [1.29, 1.82) is 0 Å². The maximum atomic E-state index is 12.3. The van der Waals surface area contributed by atoms with Crippen LogP contribution in [-0.2, 0) is 11.3 Å². The molecule has 3 rings (SSSR count). The number of benzene rings is 2. The summed E-state index contributed by atoms with van der Waals surface area (Å²) >= 11 is 5.84. The van der Waals surface area contributed by atoms with Crippen molar-refractivity contribution in [2.24, 2.45) is 5.92 Å². The number of carbonyl (C=O) groups excluding carboxylic acids is 2. The van der Waals surface area contributed by atoms with Gasteiger partial charge in [0, 0.05) is 28.7 Å². The molecule has 2 aromatic rings. The van der Waals surface area contributed by atoms with Gasteiger partial charge in [0.05, 0.1) is 0 Å². The molecule has 0 saturated heterocycles. The van der Waals surface area contributed by atoms with Crippen LogP contribution in [0.15, 0.2) is 48.5 Å². The number of nitrogens with one attached hydrogen (secondary N) is 2. The Bertz CT molecular complexity index is 751. The fourth-order valence-electron chi connectivity index (χ4n) is 3.21. The third-order valence-electron chi connectivity index (χ3n) is 4.76. The second-order valence-electron chi connectivity index (χ2n) is 6.71. The number of rotatable bonds is 5. The molecule has 0 aliphatic heterocycles. The van der Waals surface area contributed by atoms with Gasteiger partial charge in [-0.25, -0.2) is 0 Å². The van der Waals surface area contributed by atoms with Crippen LogP contribution in [-0.4, -0.2) is 11.8 Å². The third kappa shape index (κ3) is 5.09. The van der Waals surface area contributed by atoms with Gasteiger partial charge in [-0.2, -0.15) is 0 Å². The lowest BCUT2D eigenvalue weighted by Gasteiger charge is -2.20. The van der Waals surface area contributed by atoms with Gasteiger partial charge in [-0.05, 0) is 54.8 Å². The van der Waals surface area contributed by atoms with Crippen LogP contribution in [0.4, 0.5) is 5.69 Å². The first kappa shape index (κ1) is 18.5. The van der Waals surface area contributed by atoms with Crippen molar-refractivity contribution in [3.05, 3.63) is 64.7 Å². The minimum Gasteiger partial charge on any atom is -0.352 e. The van der Waals surface area contributed by atoms with Crippen LogP contribution in [0.1, 0.15) is 48.0 Å². The summed E-state index contributed by atoms with van der Waals surface area (Å²) in [5.41, 5.74) is 2.25. The fraction of sp³-hybridized carbons (Fsp3) is 0.333. The van der Waals surface area contributed by atoms with Gasteiger partial charge >= 0.3 is 0 Å². The lowest BCUT2D eigenvalue weighted by Crippen LogP contribution is -2.31. The lowest BCUT2D eigenvalue weighted by atomic mass is 9.88. The van der Waals surface area contributed by atoms with E-state index >= 15 is 0 Å². The molecule has 1 aliphatic rings. The van der Waals surface area contributed by atoms with E-state index in [9.17, 15) is 9.59 Å². The predicted octanol–water partition coefficient (Wildman–Crippen LogP) is 4.79. The molecule has 0 radical (unpaired) electrons. The molecule has 0 bridgehead atoms. The Morgan fingerprint density at radius 2 is 1.58 bits per heavy atom. The van der Waals surface area contributed by atoms with Crippen molar-refractivity contribution in [2.75, 3.05) is 5.32 Å². The van der Waals surface area contributed by atoms with Crippen LogP contribution in [0.3, 0.4) is 0 Å². The molecule has 0 unspecified atom stereocenters. The molecule has 0 aromatic heterocycles. The zero-order chi connectivity index (χ0) is 18.4. The first-order chi connectivity index (χ1) is 12.6. The molecule has 0 spiro atoms. The molecule has 2 amide bonds. The van der Waals surface area contributed by atoms with Crippen molar-refractivity contribution in [1.82, 2.24) is 5.32 Å². The average molecular weight is 371 g/mol. The molecule has 1 saturated carbocycles. The van der Waals surface area contributed by atoms with Gasteiger partial charge in [0.1, 0.15) is 0 Å². The Kier molecular flexibility index (Phi) is 6.29. The van der Waals surface area contributed by atoms with Crippen molar-refractivity contribution < 1.29 is 9.59 Å². The van der Waals surface area contributed by atoms with Crippen LogP contribution in [0.25, 0.3) is 0 Å². The van der Waals surface area contributed by atoms with Crippen LogP contribution >= 0.6 is 11.6 Å². The Hall–Kier alpha value is -2.33. The highest BCUT2D eigenvalue weighted by Crippen LogP contribution is 2.23.